The number of aliphatic hydroxyl groups is 1. The molecule has 5 heteroatoms. The summed E-state index contributed by atoms with van der Waals surface area (Å²) in [5, 5.41) is 17.8. The maximum Gasteiger partial charge on any atom is 0.416 e. The lowest BCUT2D eigenvalue weighted by Crippen LogP contribution is -2.10. The summed E-state index contributed by atoms with van der Waals surface area (Å²) >= 11 is 0. The Morgan fingerprint density at radius 3 is 2.68 bits per heavy atom. The molecule has 1 aromatic rings. The van der Waals surface area contributed by atoms with E-state index < -0.39 is 17.8 Å². The van der Waals surface area contributed by atoms with E-state index >= 15 is 0 Å². The number of nitriles is 1. The van der Waals surface area contributed by atoms with Crippen LogP contribution in [0.1, 0.15) is 29.5 Å². The molecule has 1 N–H and O–H groups in total. The first kappa shape index (κ1) is 13.6. The number of fused-ring (bicyclic) bond motifs is 1. The van der Waals surface area contributed by atoms with Gasteiger partial charge in [0, 0.05) is 6.42 Å². The number of aryl methyl sites for hydroxylation is 1. The van der Waals surface area contributed by atoms with Crippen LogP contribution in [-0.4, -0.2) is 11.2 Å². The largest absolute Gasteiger partial charge is 0.416 e. The van der Waals surface area contributed by atoms with Gasteiger partial charge in [0.2, 0.25) is 0 Å². The summed E-state index contributed by atoms with van der Waals surface area (Å²) in [5.74, 6) is 0. The summed E-state index contributed by atoms with van der Waals surface area (Å²) in [6.07, 6.45) is -2.29. The van der Waals surface area contributed by atoms with Gasteiger partial charge in [-0.15, -0.1) is 0 Å². The SMILES string of the molecule is N#CC(O)CC1=Cc2ccc(C(F)(F)F)cc2CC1. The van der Waals surface area contributed by atoms with Gasteiger partial charge >= 0.3 is 6.18 Å². The number of halogens is 3. The molecular formula is C14H12F3NO. The average molecular weight is 267 g/mol. The Morgan fingerprint density at radius 1 is 1.32 bits per heavy atom. The Bertz CT molecular complexity index is 555. The Hall–Kier alpha value is -1.80. The van der Waals surface area contributed by atoms with Crippen molar-refractivity contribution in [2.24, 2.45) is 0 Å². The summed E-state index contributed by atoms with van der Waals surface area (Å²) in [4.78, 5) is 0. The zero-order valence-electron chi connectivity index (χ0n) is 10.0. The minimum Gasteiger partial charge on any atom is -0.378 e. The molecule has 0 saturated carbocycles. The van der Waals surface area contributed by atoms with Gasteiger partial charge in [-0.1, -0.05) is 17.7 Å². The number of nitrogens with zero attached hydrogens (tertiary/aromatic N) is 1. The fraction of sp³-hybridized carbons (Fsp3) is 0.357. The van der Waals surface area contributed by atoms with Crippen LogP contribution in [-0.2, 0) is 12.6 Å². The number of hydrogen-bond donors (Lipinski definition) is 1. The Morgan fingerprint density at radius 2 is 2.05 bits per heavy atom. The monoisotopic (exact) mass is 267 g/mol. The van der Waals surface area contributed by atoms with Crippen molar-refractivity contribution in [3.63, 3.8) is 0 Å². The maximum atomic E-state index is 12.6. The average Bonchev–Trinajstić information content (AvgIpc) is 2.36. The van der Waals surface area contributed by atoms with Gasteiger partial charge in [-0.05, 0) is 36.1 Å². The molecule has 0 amide bonds. The molecule has 0 radical (unpaired) electrons. The second-order valence-electron chi connectivity index (χ2n) is 4.56. The van der Waals surface area contributed by atoms with Gasteiger partial charge in [0.25, 0.3) is 0 Å². The highest BCUT2D eigenvalue weighted by atomic mass is 19.4. The number of aliphatic hydroxyl groups excluding tert-OH is 1. The third-order valence-corrected chi connectivity index (χ3v) is 3.15. The lowest BCUT2D eigenvalue weighted by atomic mass is 9.88. The molecule has 1 atom stereocenters. The minimum atomic E-state index is -4.32. The van der Waals surface area contributed by atoms with Crippen molar-refractivity contribution in [2.75, 3.05) is 0 Å². The maximum absolute atomic E-state index is 12.6. The van der Waals surface area contributed by atoms with Crippen LogP contribution < -0.4 is 0 Å². The molecule has 2 rings (SSSR count). The van der Waals surface area contributed by atoms with Crippen LogP contribution >= 0.6 is 0 Å². The van der Waals surface area contributed by atoms with Crippen LogP contribution in [0, 0.1) is 11.3 Å². The highest BCUT2D eigenvalue weighted by Gasteiger charge is 2.31. The van der Waals surface area contributed by atoms with E-state index in [1.54, 1.807) is 12.1 Å². The molecule has 1 aliphatic rings. The minimum absolute atomic E-state index is 0.247. The van der Waals surface area contributed by atoms with Gasteiger partial charge < -0.3 is 5.11 Å². The predicted octanol–water partition coefficient (Wildman–Crippen LogP) is 3.31. The summed E-state index contributed by atoms with van der Waals surface area (Å²) in [6.45, 7) is 0. The van der Waals surface area contributed by atoms with Crippen molar-refractivity contribution < 1.29 is 18.3 Å². The highest BCUT2D eigenvalue weighted by molar-refractivity contribution is 5.60. The van der Waals surface area contributed by atoms with Gasteiger partial charge in [0.1, 0.15) is 6.10 Å². The zero-order valence-corrected chi connectivity index (χ0v) is 10.0. The van der Waals surface area contributed by atoms with Gasteiger partial charge in [-0.3, -0.25) is 0 Å². The molecule has 100 valence electrons. The molecule has 0 saturated heterocycles. The molecule has 0 spiro atoms. The van der Waals surface area contributed by atoms with E-state index in [2.05, 4.69) is 0 Å². The van der Waals surface area contributed by atoms with Crippen LogP contribution in [0.5, 0.6) is 0 Å². The van der Waals surface area contributed by atoms with Crippen LogP contribution in [0.3, 0.4) is 0 Å². The van der Waals surface area contributed by atoms with E-state index in [0.29, 0.717) is 18.4 Å². The predicted molar refractivity (Wildman–Crippen MR) is 64.0 cm³/mol. The fourth-order valence-corrected chi connectivity index (χ4v) is 2.18. The van der Waals surface area contributed by atoms with E-state index in [-0.39, 0.29) is 6.42 Å². The molecule has 0 heterocycles. The lowest BCUT2D eigenvalue weighted by molar-refractivity contribution is -0.137. The molecule has 2 nitrogen and oxygen atoms in total. The van der Waals surface area contributed by atoms with Crippen molar-refractivity contribution >= 4 is 6.08 Å². The summed E-state index contributed by atoms with van der Waals surface area (Å²) in [6, 6.07) is 5.40. The van der Waals surface area contributed by atoms with Gasteiger partial charge in [-0.25, -0.2) is 0 Å². The molecule has 0 aliphatic heterocycles. The molecule has 1 unspecified atom stereocenters. The summed E-state index contributed by atoms with van der Waals surface area (Å²) < 4.78 is 37.7. The van der Waals surface area contributed by atoms with E-state index in [1.165, 1.54) is 12.1 Å². The van der Waals surface area contributed by atoms with Crippen molar-refractivity contribution in [2.45, 2.75) is 31.5 Å². The third-order valence-electron chi connectivity index (χ3n) is 3.15. The van der Waals surface area contributed by atoms with Gasteiger partial charge in [0.05, 0.1) is 11.6 Å². The van der Waals surface area contributed by atoms with Crippen molar-refractivity contribution in [1.82, 2.24) is 0 Å². The Kier molecular flexibility index (Phi) is 3.63. The molecule has 0 bridgehead atoms. The quantitative estimate of drug-likeness (QED) is 0.835. The van der Waals surface area contributed by atoms with Crippen LogP contribution in [0.25, 0.3) is 6.08 Å². The molecule has 0 fully saturated rings. The number of benzene rings is 1. The van der Waals surface area contributed by atoms with Crippen molar-refractivity contribution in [1.29, 1.82) is 5.26 Å². The summed E-state index contributed by atoms with van der Waals surface area (Å²) in [5.41, 5.74) is 1.64. The highest BCUT2D eigenvalue weighted by Crippen LogP contribution is 2.33. The Labute approximate surface area is 108 Å². The summed E-state index contributed by atoms with van der Waals surface area (Å²) in [7, 11) is 0. The van der Waals surface area contributed by atoms with E-state index in [9.17, 15) is 18.3 Å². The number of hydrogen-bond acceptors (Lipinski definition) is 2. The van der Waals surface area contributed by atoms with Crippen LogP contribution in [0.2, 0.25) is 0 Å². The molecule has 19 heavy (non-hydrogen) atoms. The second kappa shape index (κ2) is 5.06. The lowest BCUT2D eigenvalue weighted by Gasteiger charge is -2.18. The van der Waals surface area contributed by atoms with Gasteiger partial charge in [0.15, 0.2) is 0 Å². The first-order valence-electron chi connectivity index (χ1n) is 5.87. The second-order valence-corrected chi connectivity index (χ2v) is 4.56. The topological polar surface area (TPSA) is 44.0 Å². The number of rotatable bonds is 2. The van der Waals surface area contributed by atoms with Crippen molar-refractivity contribution in [3.05, 3.63) is 40.5 Å². The molecule has 0 aromatic heterocycles. The zero-order chi connectivity index (χ0) is 14.0. The van der Waals surface area contributed by atoms with E-state index in [4.69, 9.17) is 5.26 Å². The smallest absolute Gasteiger partial charge is 0.378 e. The molecule has 1 aromatic carbocycles. The van der Waals surface area contributed by atoms with Gasteiger partial charge in [-0.2, -0.15) is 18.4 Å². The normalized spacial score (nSPS) is 16.3. The molecular weight excluding hydrogens is 255 g/mol. The van der Waals surface area contributed by atoms with E-state index in [1.807, 2.05) is 0 Å². The third kappa shape index (κ3) is 3.15. The number of alkyl halides is 3. The Balaban J connectivity index is 2.26. The fourth-order valence-electron chi connectivity index (χ4n) is 2.18. The first-order chi connectivity index (χ1) is 8.90. The van der Waals surface area contributed by atoms with Crippen molar-refractivity contribution in [3.8, 4) is 6.07 Å². The van der Waals surface area contributed by atoms with Crippen LogP contribution in [0.4, 0.5) is 13.2 Å². The van der Waals surface area contributed by atoms with E-state index in [0.717, 1.165) is 17.2 Å². The first-order valence-corrected chi connectivity index (χ1v) is 5.87. The molecule has 1 aliphatic carbocycles. The van der Waals surface area contributed by atoms with Crippen LogP contribution in [0.15, 0.2) is 23.8 Å². The standard InChI is InChI=1S/C14H12F3NO/c15-14(16,17)12-4-3-10-5-9(6-13(19)8-18)1-2-11(10)7-12/h3-5,7,13,19H,1-2,6H2.